The Morgan fingerprint density at radius 1 is 1.38 bits per heavy atom. The van der Waals surface area contributed by atoms with Crippen LogP contribution in [0.25, 0.3) is 0 Å². The standard InChI is InChI=1S/C15H26N2O3S/c1-5-16-15(12-17(2)9-10-21(4,18)19)13-7-6-8-14(11-13)20-3/h6-8,11,15-16H,5,9-10,12H2,1-4H3. The van der Waals surface area contributed by atoms with Gasteiger partial charge >= 0.3 is 0 Å². The van der Waals surface area contributed by atoms with E-state index in [1.165, 1.54) is 6.26 Å². The lowest BCUT2D eigenvalue weighted by atomic mass is 10.1. The molecule has 0 saturated carbocycles. The first-order valence-corrected chi connectivity index (χ1v) is 9.15. The van der Waals surface area contributed by atoms with Gasteiger partial charge in [0.25, 0.3) is 0 Å². The van der Waals surface area contributed by atoms with Crippen molar-refractivity contribution in [1.29, 1.82) is 0 Å². The summed E-state index contributed by atoms with van der Waals surface area (Å²) in [5, 5.41) is 3.43. The minimum atomic E-state index is -2.92. The van der Waals surface area contributed by atoms with Crippen LogP contribution >= 0.6 is 0 Å². The van der Waals surface area contributed by atoms with Gasteiger partial charge in [-0.1, -0.05) is 19.1 Å². The summed E-state index contributed by atoms with van der Waals surface area (Å²) >= 11 is 0. The van der Waals surface area contributed by atoms with Crippen molar-refractivity contribution in [2.45, 2.75) is 13.0 Å². The van der Waals surface area contributed by atoms with Crippen molar-refractivity contribution >= 4 is 9.84 Å². The van der Waals surface area contributed by atoms with Crippen LogP contribution in [0.2, 0.25) is 0 Å². The molecule has 0 amide bonds. The molecule has 0 bridgehead atoms. The molecule has 120 valence electrons. The Labute approximate surface area is 128 Å². The molecule has 1 N–H and O–H groups in total. The molecule has 6 heteroatoms. The fraction of sp³-hybridized carbons (Fsp3) is 0.600. The van der Waals surface area contributed by atoms with Crippen LogP contribution in [0.5, 0.6) is 5.75 Å². The molecule has 0 aliphatic rings. The third kappa shape index (κ3) is 6.93. The molecule has 1 aromatic carbocycles. The zero-order chi connectivity index (χ0) is 15.9. The molecule has 0 fully saturated rings. The van der Waals surface area contributed by atoms with Gasteiger partial charge in [-0.2, -0.15) is 0 Å². The van der Waals surface area contributed by atoms with Crippen molar-refractivity contribution in [3.05, 3.63) is 29.8 Å². The number of ether oxygens (including phenoxy) is 1. The van der Waals surface area contributed by atoms with E-state index in [-0.39, 0.29) is 11.8 Å². The number of benzene rings is 1. The lowest BCUT2D eigenvalue weighted by Gasteiger charge is -2.25. The summed E-state index contributed by atoms with van der Waals surface area (Å²) in [5.74, 6) is 1.01. The lowest BCUT2D eigenvalue weighted by molar-refractivity contribution is 0.305. The number of methoxy groups -OCH3 is 1. The topological polar surface area (TPSA) is 58.6 Å². The van der Waals surface area contributed by atoms with E-state index in [1.54, 1.807) is 7.11 Å². The van der Waals surface area contributed by atoms with Crippen molar-refractivity contribution in [1.82, 2.24) is 10.2 Å². The molecule has 1 aromatic rings. The Morgan fingerprint density at radius 3 is 2.67 bits per heavy atom. The van der Waals surface area contributed by atoms with Gasteiger partial charge in [-0.15, -0.1) is 0 Å². The van der Waals surface area contributed by atoms with Crippen LogP contribution in [0.1, 0.15) is 18.5 Å². The largest absolute Gasteiger partial charge is 0.497 e. The average molecular weight is 314 g/mol. The van der Waals surface area contributed by atoms with Gasteiger partial charge in [0.05, 0.1) is 12.9 Å². The monoisotopic (exact) mass is 314 g/mol. The van der Waals surface area contributed by atoms with Gasteiger partial charge in [-0.3, -0.25) is 0 Å². The molecule has 1 unspecified atom stereocenters. The van der Waals surface area contributed by atoms with Crippen LogP contribution in [0, 0.1) is 0 Å². The molecule has 0 aliphatic carbocycles. The quantitative estimate of drug-likeness (QED) is 0.745. The SMILES string of the molecule is CCNC(CN(C)CCS(C)(=O)=O)c1cccc(OC)c1. The third-order valence-corrected chi connectivity index (χ3v) is 4.21. The van der Waals surface area contributed by atoms with Crippen LogP contribution in [0.4, 0.5) is 0 Å². The Morgan fingerprint density at radius 2 is 2.10 bits per heavy atom. The van der Waals surface area contributed by atoms with Crippen molar-refractivity contribution in [3.63, 3.8) is 0 Å². The van der Waals surface area contributed by atoms with Gasteiger partial charge in [0.1, 0.15) is 15.6 Å². The molecule has 0 heterocycles. The first-order valence-electron chi connectivity index (χ1n) is 7.09. The minimum absolute atomic E-state index is 0.148. The van der Waals surface area contributed by atoms with Gasteiger partial charge in [-0.05, 0) is 31.3 Å². The number of rotatable bonds is 9. The summed E-state index contributed by atoms with van der Waals surface area (Å²) in [7, 11) is 0.668. The predicted molar refractivity (Wildman–Crippen MR) is 86.6 cm³/mol. The van der Waals surface area contributed by atoms with E-state index in [1.807, 2.05) is 30.1 Å². The van der Waals surface area contributed by atoms with Gasteiger partial charge in [0.15, 0.2) is 0 Å². The Balaban J connectivity index is 2.72. The first kappa shape index (κ1) is 17.9. The number of sulfone groups is 1. The molecule has 1 rings (SSSR count). The normalized spacial score (nSPS) is 13.4. The van der Waals surface area contributed by atoms with Gasteiger partial charge in [-0.25, -0.2) is 8.42 Å². The molecule has 0 saturated heterocycles. The second-order valence-corrected chi connectivity index (χ2v) is 7.54. The number of nitrogens with zero attached hydrogens (tertiary/aromatic N) is 1. The Kier molecular flexibility index (Phi) is 7.14. The Hall–Kier alpha value is -1.11. The Bertz CT molecular complexity index is 531. The van der Waals surface area contributed by atoms with Gasteiger partial charge < -0.3 is 15.0 Å². The van der Waals surface area contributed by atoms with Crippen LogP contribution in [0.15, 0.2) is 24.3 Å². The molecule has 0 spiro atoms. The summed E-state index contributed by atoms with van der Waals surface area (Å²) in [5.41, 5.74) is 1.14. The molecule has 21 heavy (non-hydrogen) atoms. The van der Waals surface area contributed by atoms with E-state index < -0.39 is 9.84 Å². The zero-order valence-electron chi connectivity index (χ0n) is 13.3. The van der Waals surface area contributed by atoms with E-state index in [0.717, 1.165) is 24.4 Å². The second-order valence-electron chi connectivity index (χ2n) is 5.28. The van der Waals surface area contributed by atoms with E-state index in [4.69, 9.17) is 4.74 Å². The van der Waals surface area contributed by atoms with Crippen LogP contribution < -0.4 is 10.1 Å². The van der Waals surface area contributed by atoms with Crippen molar-refractivity contribution < 1.29 is 13.2 Å². The highest BCUT2D eigenvalue weighted by Gasteiger charge is 2.14. The predicted octanol–water partition coefficient (Wildman–Crippen LogP) is 1.32. The summed E-state index contributed by atoms with van der Waals surface area (Å²) in [4.78, 5) is 2.04. The third-order valence-electron chi connectivity index (χ3n) is 3.28. The van der Waals surface area contributed by atoms with E-state index in [9.17, 15) is 8.42 Å². The maximum absolute atomic E-state index is 11.2. The summed E-state index contributed by atoms with van der Waals surface area (Å²) < 4.78 is 27.7. The molecule has 0 radical (unpaired) electrons. The molecule has 1 atom stereocenters. The molecule has 0 aliphatic heterocycles. The minimum Gasteiger partial charge on any atom is -0.497 e. The van der Waals surface area contributed by atoms with Crippen molar-refractivity contribution in [3.8, 4) is 5.75 Å². The smallest absolute Gasteiger partial charge is 0.148 e. The fourth-order valence-electron chi connectivity index (χ4n) is 2.12. The number of hydrogen-bond acceptors (Lipinski definition) is 5. The van der Waals surface area contributed by atoms with E-state index in [2.05, 4.69) is 18.3 Å². The highest BCUT2D eigenvalue weighted by molar-refractivity contribution is 7.90. The fourth-order valence-corrected chi connectivity index (χ4v) is 2.76. The molecule has 0 aromatic heterocycles. The summed E-state index contributed by atoms with van der Waals surface area (Å²) in [6, 6.07) is 8.10. The summed E-state index contributed by atoms with van der Waals surface area (Å²) in [6.07, 6.45) is 1.27. The van der Waals surface area contributed by atoms with E-state index >= 15 is 0 Å². The van der Waals surface area contributed by atoms with E-state index in [0.29, 0.717) is 6.54 Å². The highest BCUT2D eigenvalue weighted by Crippen LogP contribution is 2.19. The maximum atomic E-state index is 11.2. The zero-order valence-corrected chi connectivity index (χ0v) is 14.1. The van der Waals surface area contributed by atoms with Crippen molar-refractivity contribution in [2.24, 2.45) is 0 Å². The van der Waals surface area contributed by atoms with Gasteiger partial charge in [0, 0.05) is 25.4 Å². The molecular weight excluding hydrogens is 288 g/mol. The molecular formula is C15H26N2O3S. The van der Waals surface area contributed by atoms with Crippen LogP contribution in [-0.2, 0) is 9.84 Å². The second kappa shape index (κ2) is 8.36. The number of likely N-dealkylation sites (N-methyl/N-ethyl adjacent to an activating group) is 2. The first-order chi connectivity index (χ1) is 9.85. The van der Waals surface area contributed by atoms with Crippen LogP contribution in [-0.4, -0.2) is 59.1 Å². The van der Waals surface area contributed by atoms with Gasteiger partial charge in [0.2, 0.25) is 0 Å². The van der Waals surface area contributed by atoms with Crippen LogP contribution in [0.3, 0.4) is 0 Å². The molecule has 5 nitrogen and oxygen atoms in total. The summed E-state index contributed by atoms with van der Waals surface area (Å²) in [6.45, 7) is 4.19. The lowest BCUT2D eigenvalue weighted by Crippen LogP contribution is -2.35. The maximum Gasteiger partial charge on any atom is 0.148 e. The number of hydrogen-bond donors (Lipinski definition) is 1. The van der Waals surface area contributed by atoms with Crippen molar-refractivity contribution in [2.75, 3.05) is 45.8 Å². The highest BCUT2D eigenvalue weighted by atomic mass is 32.2. The average Bonchev–Trinajstić information content (AvgIpc) is 2.44. The number of nitrogens with one attached hydrogen (secondary N) is 1.